The highest BCUT2D eigenvalue weighted by molar-refractivity contribution is 7.21. The second-order valence-electron chi connectivity index (χ2n) is 5.13. The quantitative estimate of drug-likeness (QED) is 0.359. The van der Waals surface area contributed by atoms with Crippen molar-refractivity contribution in [3.05, 3.63) is 67.8 Å². The Morgan fingerprint density at radius 1 is 0.923 bits per heavy atom. The Morgan fingerprint density at radius 3 is 1.92 bits per heavy atom. The van der Waals surface area contributed by atoms with Crippen molar-refractivity contribution in [3.63, 3.8) is 0 Å². The van der Waals surface area contributed by atoms with Crippen molar-refractivity contribution in [3.8, 4) is 0 Å². The smallest absolute Gasteiger partial charge is 0.161 e. The lowest BCUT2D eigenvalue weighted by atomic mass is 10.2. The summed E-state index contributed by atoms with van der Waals surface area (Å²) < 4.78 is 27.3. The number of aliphatic hydroxyl groups is 1. The van der Waals surface area contributed by atoms with Crippen LogP contribution in [0, 0.1) is 11.6 Å². The number of halogens is 4. The summed E-state index contributed by atoms with van der Waals surface area (Å²) in [5.74, 6) is -0.624. The summed E-state index contributed by atoms with van der Waals surface area (Å²) in [6.45, 7) is -0.141. The van der Waals surface area contributed by atoms with Gasteiger partial charge in [-0.25, -0.2) is 8.78 Å². The summed E-state index contributed by atoms with van der Waals surface area (Å²) in [4.78, 5) is 11.5. The maximum Gasteiger partial charge on any atom is 0.161 e. The number of benzene rings is 2. The predicted molar refractivity (Wildman–Crippen MR) is 105 cm³/mol. The molecule has 0 aliphatic heterocycles. The molecule has 0 aliphatic rings. The maximum absolute atomic E-state index is 13.2. The van der Waals surface area contributed by atoms with Crippen molar-refractivity contribution in [2.45, 2.75) is 6.61 Å². The van der Waals surface area contributed by atoms with Crippen LogP contribution in [0.4, 0.5) is 8.78 Å². The van der Waals surface area contributed by atoms with E-state index in [1.165, 1.54) is 23.5 Å². The lowest BCUT2D eigenvalue weighted by Gasteiger charge is -1.90. The lowest BCUT2D eigenvalue weighted by molar-refractivity contribution is 0.112. The third kappa shape index (κ3) is 3.48. The fraction of sp³-hybridized carbons (Fsp3) is 0.0556. The number of carbonyl (C=O) groups is 1. The summed E-state index contributed by atoms with van der Waals surface area (Å²) in [5.41, 5.74) is 0. The molecular weight excluding hydrogens is 421 g/mol. The first-order chi connectivity index (χ1) is 12.5. The Kier molecular flexibility index (Phi) is 5.89. The molecule has 2 nitrogen and oxygen atoms in total. The van der Waals surface area contributed by atoms with E-state index in [2.05, 4.69) is 0 Å². The third-order valence-corrected chi connectivity index (χ3v) is 6.96. The molecule has 4 rings (SSSR count). The number of hydrogen-bond donors (Lipinski definition) is 1. The van der Waals surface area contributed by atoms with Crippen LogP contribution in [0.3, 0.4) is 0 Å². The summed E-state index contributed by atoms with van der Waals surface area (Å²) in [6.07, 6.45) is 0.645. The van der Waals surface area contributed by atoms with E-state index < -0.39 is 0 Å². The zero-order valence-corrected chi connectivity index (χ0v) is 16.1. The number of fused-ring (bicyclic) bond motifs is 2. The molecule has 4 aromatic rings. The van der Waals surface area contributed by atoms with Gasteiger partial charge in [0.25, 0.3) is 0 Å². The van der Waals surface area contributed by atoms with E-state index in [4.69, 9.17) is 28.3 Å². The molecule has 0 radical (unpaired) electrons. The zero-order chi connectivity index (χ0) is 18.8. The Hall–Kier alpha value is -1.57. The largest absolute Gasteiger partial charge is 0.391 e. The molecule has 26 heavy (non-hydrogen) atoms. The van der Waals surface area contributed by atoms with Gasteiger partial charge in [-0.15, -0.1) is 22.7 Å². The zero-order valence-electron chi connectivity index (χ0n) is 12.9. The molecular formula is C18H10Cl2F2O2S2. The van der Waals surface area contributed by atoms with Crippen molar-refractivity contribution in [1.82, 2.24) is 0 Å². The molecule has 2 heterocycles. The van der Waals surface area contributed by atoms with E-state index >= 15 is 0 Å². The summed E-state index contributed by atoms with van der Waals surface area (Å²) in [5, 5.41) is 11.0. The van der Waals surface area contributed by atoms with Gasteiger partial charge in [0.2, 0.25) is 0 Å². The first-order valence-corrected chi connectivity index (χ1v) is 9.64. The molecule has 2 aromatic heterocycles. The highest BCUT2D eigenvalue weighted by Gasteiger charge is 2.12. The predicted octanol–water partition coefficient (Wildman–Crippen LogP) is 6.69. The first kappa shape index (κ1) is 19.2. The van der Waals surface area contributed by atoms with Crippen LogP contribution in [0.15, 0.2) is 36.4 Å². The minimum Gasteiger partial charge on any atom is -0.391 e. The fourth-order valence-electron chi connectivity index (χ4n) is 2.35. The third-order valence-electron chi connectivity index (χ3n) is 3.56. The average molecular weight is 431 g/mol. The van der Waals surface area contributed by atoms with Gasteiger partial charge >= 0.3 is 0 Å². The number of rotatable bonds is 2. The first-order valence-electron chi connectivity index (χ1n) is 7.25. The van der Waals surface area contributed by atoms with Gasteiger partial charge in [0.05, 0.1) is 30.9 Å². The molecule has 2 aromatic carbocycles. The van der Waals surface area contributed by atoms with Gasteiger partial charge < -0.3 is 5.11 Å². The second-order valence-corrected chi connectivity index (χ2v) is 8.04. The molecule has 0 bridgehead atoms. The number of thiophene rings is 2. The van der Waals surface area contributed by atoms with Crippen molar-refractivity contribution >= 4 is 72.3 Å². The number of carbonyl (C=O) groups excluding carboxylic acids is 1. The topological polar surface area (TPSA) is 37.3 Å². The second kappa shape index (κ2) is 7.98. The monoisotopic (exact) mass is 430 g/mol. The van der Waals surface area contributed by atoms with Crippen molar-refractivity contribution in [1.29, 1.82) is 0 Å². The molecule has 0 fully saturated rings. The SMILES string of the molecule is O=Cc1sc2c(F)cccc2c1Cl.OCc1sc2c(F)cccc2c1Cl. The van der Waals surface area contributed by atoms with Gasteiger partial charge in [-0.05, 0) is 12.1 Å². The van der Waals surface area contributed by atoms with Gasteiger partial charge in [0.1, 0.15) is 11.6 Å². The summed E-state index contributed by atoms with van der Waals surface area (Å²) in [7, 11) is 0. The van der Waals surface area contributed by atoms with Crippen LogP contribution >= 0.6 is 45.9 Å². The molecule has 0 unspecified atom stereocenters. The molecule has 0 spiro atoms. The minimum atomic E-state index is -0.336. The van der Waals surface area contributed by atoms with Crippen LogP contribution in [0.25, 0.3) is 20.2 Å². The van der Waals surface area contributed by atoms with Gasteiger partial charge in [-0.3, -0.25) is 4.79 Å². The van der Waals surface area contributed by atoms with E-state index in [1.54, 1.807) is 24.3 Å². The van der Waals surface area contributed by atoms with E-state index in [-0.39, 0.29) is 18.2 Å². The molecule has 0 saturated heterocycles. The molecule has 0 amide bonds. The molecule has 0 saturated carbocycles. The fourth-order valence-corrected chi connectivity index (χ4v) is 4.99. The van der Waals surface area contributed by atoms with Crippen LogP contribution in [0.2, 0.25) is 10.0 Å². The lowest BCUT2D eigenvalue weighted by Crippen LogP contribution is -1.74. The van der Waals surface area contributed by atoms with E-state index in [1.807, 2.05) is 0 Å². The Balaban J connectivity index is 0.000000151. The van der Waals surface area contributed by atoms with E-state index in [0.29, 0.717) is 46.3 Å². The molecule has 8 heteroatoms. The summed E-state index contributed by atoms with van der Waals surface area (Å²) >= 11 is 14.0. The number of hydrogen-bond acceptors (Lipinski definition) is 4. The van der Waals surface area contributed by atoms with Crippen LogP contribution in [0.5, 0.6) is 0 Å². The highest BCUT2D eigenvalue weighted by atomic mass is 35.5. The minimum absolute atomic E-state index is 0.141. The van der Waals surface area contributed by atoms with E-state index in [0.717, 1.165) is 11.3 Å². The normalized spacial score (nSPS) is 10.8. The van der Waals surface area contributed by atoms with Gasteiger partial charge in [-0.1, -0.05) is 47.5 Å². The molecule has 1 N–H and O–H groups in total. The molecule has 0 atom stereocenters. The van der Waals surface area contributed by atoms with Crippen LogP contribution in [0.1, 0.15) is 14.5 Å². The Morgan fingerprint density at radius 2 is 1.46 bits per heavy atom. The Bertz CT molecular complexity index is 1110. The van der Waals surface area contributed by atoms with Crippen molar-refractivity contribution in [2.24, 2.45) is 0 Å². The van der Waals surface area contributed by atoms with Crippen LogP contribution in [-0.4, -0.2) is 11.4 Å². The average Bonchev–Trinajstić information content (AvgIpc) is 3.15. The maximum atomic E-state index is 13.2. The van der Waals surface area contributed by atoms with Gasteiger partial charge in [0, 0.05) is 15.6 Å². The number of aldehydes is 1. The highest BCUT2D eigenvalue weighted by Crippen LogP contribution is 2.37. The van der Waals surface area contributed by atoms with Gasteiger partial charge in [0.15, 0.2) is 6.29 Å². The Labute approximate surface area is 165 Å². The number of aliphatic hydroxyl groups excluding tert-OH is 1. The van der Waals surface area contributed by atoms with Crippen molar-refractivity contribution in [2.75, 3.05) is 0 Å². The van der Waals surface area contributed by atoms with Crippen LogP contribution in [-0.2, 0) is 6.61 Å². The standard InChI is InChI=1S/C9H6ClFOS.C9H4ClFOS/c2*10-8-5-2-1-3-6(11)9(5)13-7(8)4-12/h1-3,12H,4H2;1-4H. The van der Waals surface area contributed by atoms with Crippen LogP contribution < -0.4 is 0 Å². The van der Waals surface area contributed by atoms with Gasteiger partial charge in [-0.2, -0.15) is 0 Å². The van der Waals surface area contributed by atoms with Crippen molar-refractivity contribution < 1.29 is 18.7 Å². The molecule has 0 aliphatic carbocycles. The summed E-state index contributed by atoms with van der Waals surface area (Å²) in [6, 6.07) is 9.36. The molecule has 134 valence electrons. The van der Waals surface area contributed by atoms with E-state index in [9.17, 15) is 13.6 Å².